The Balaban J connectivity index is 1.95. The summed E-state index contributed by atoms with van der Waals surface area (Å²) in [5.41, 5.74) is 1.92. The maximum atomic E-state index is 9.84. The van der Waals surface area contributed by atoms with Crippen LogP contribution in [0.25, 0.3) is 0 Å². The number of aliphatic hydroxyl groups is 1. The van der Waals surface area contributed by atoms with E-state index in [0.717, 1.165) is 30.6 Å². The average molecular weight is 250 g/mol. The number of hydrogen-bond donors (Lipinski definition) is 1. The van der Waals surface area contributed by atoms with Gasteiger partial charge in [-0.3, -0.25) is 0 Å². The highest BCUT2D eigenvalue weighted by Gasteiger charge is 2.37. The number of hydrogen-bond acceptors (Lipinski definition) is 1. The molecule has 0 radical (unpaired) electrons. The Kier molecular flexibility index (Phi) is 4.21. The lowest BCUT2D eigenvalue weighted by atomic mass is 9.63. The van der Waals surface area contributed by atoms with Gasteiger partial charge in [0.2, 0.25) is 0 Å². The van der Waals surface area contributed by atoms with Crippen LogP contribution in [0, 0.1) is 23.2 Å². The molecule has 2 aliphatic rings. The van der Waals surface area contributed by atoms with E-state index in [1.54, 1.807) is 5.57 Å². The summed E-state index contributed by atoms with van der Waals surface area (Å²) in [6.45, 7) is 9.36. The van der Waals surface area contributed by atoms with Crippen LogP contribution in [0.4, 0.5) is 0 Å². The van der Waals surface area contributed by atoms with Crippen molar-refractivity contribution in [3.05, 3.63) is 11.6 Å². The Morgan fingerprint density at radius 1 is 1.33 bits per heavy atom. The molecule has 1 nitrogen and oxygen atoms in total. The molecule has 0 aromatic carbocycles. The third kappa shape index (κ3) is 3.38. The monoisotopic (exact) mass is 250 g/mol. The van der Waals surface area contributed by atoms with E-state index < -0.39 is 0 Å². The van der Waals surface area contributed by atoms with Crippen LogP contribution >= 0.6 is 0 Å². The summed E-state index contributed by atoms with van der Waals surface area (Å²) >= 11 is 0. The third-order valence-electron chi connectivity index (χ3n) is 5.22. The van der Waals surface area contributed by atoms with Crippen molar-refractivity contribution in [3.63, 3.8) is 0 Å². The molecule has 0 spiro atoms. The molecule has 1 heteroatoms. The highest BCUT2D eigenvalue weighted by Crippen LogP contribution is 2.46. The Bertz CT molecular complexity index is 316. The van der Waals surface area contributed by atoms with Gasteiger partial charge in [-0.25, -0.2) is 0 Å². The molecule has 0 bridgehead atoms. The molecule has 0 heterocycles. The molecule has 0 aliphatic heterocycles. The fraction of sp³-hybridized carbons (Fsp3) is 0.882. The maximum absolute atomic E-state index is 9.84. The first kappa shape index (κ1) is 14.1. The minimum absolute atomic E-state index is 0.0526. The van der Waals surface area contributed by atoms with Crippen LogP contribution in [0.15, 0.2) is 11.6 Å². The second-order valence-electron chi connectivity index (χ2n) is 7.65. The minimum Gasteiger partial charge on any atom is -0.393 e. The van der Waals surface area contributed by atoms with Gasteiger partial charge >= 0.3 is 0 Å². The first-order valence-electron chi connectivity index (χ1n) is 7.72. The minimum atomic E-state index is -0.0526. The molecule has 1 saturated carbocycles. The topological polar surface area (TPSA) is 20.2 Å². The smallest absolute Gasteiger partial charge is 0.0545 e. The van der Waals surface area contributed by atoms with Crippen molar-refractivity contribution in [2.24, 2.45) is 23.2 Å². The van der Waals surface area contributed by atoms with Gasteiger partial charge < -0.3 is 5.11 Å². The molecule has 1 fully saturated rings. The average Bonchev–Trinajstić information content (AvgIpc) is 2.20. The lowest BCUT2D eigenvalue weighted by Gasteiger charge is -2.43. The van der Waals surface area contributed by atoms with Crippen molar-refractivity contribution < 1.29 is 5.11 Å². The highest BCUT2D eigenvalue weighted by molar-refractivity contribution is 5.06. The van der Waals surface area contributed by atoms with Crippen molar-refractivity contribution in [2.45, 2.75) is 72.3 Å². The quantitative estimate of drug-likeness (QED) is 0.713. The molecule has 18 heavy (non-hydrogen) atoms. The highest BCUT2D eigenvalue weighted by atomic mass is 16.3. The van der Waals surface area contributed by atoms with E-state index in [1.165, 1.54) is 25.7 Å². The standard InChI is InChI=1S/C17H30O/c1-12-7-13(2)9-14(8-12)10-15-5-6-16(18)11-17(15,3)4/h7,12,14-16,18H,5-6,8-11H2,1-4H3. The fourth-order valence-electron chi connectivity index (χ4n) is 4.37. The Morgan fingerprint density at radius 2 is 2.06 bits per heavy atom. The second kappa shape index (κ2) is 5.36. The van der Waals surface area contributed by atoms with Crippen LogP contribution in [0.1, 0.15) is 66.2 Å². The normalized spacial score (nSPS) is 40.4. The molecule has 0 amide bonds. The summed E-state index contributed by atoms with van der Waals surface area (Å²) in [7, 11) is 0. The van der Waals surface area contributed by atoms with Gasteiger partial charge in [-0.05, 0) is 68.6 Å². The Hall–Kier alpha value is -0.300. The fourth-order valence-corrected chi connectivity index (χ4v) is 4.37. The molecule has 2 rings (SSSR count). The number of aliphatic hydroxyl groups excluding tert-OH is 1. The SMILES string of the molecule is CC1=CC(C)CC(CC2CCC(O)CC2(C)C)C1. The van der Waals surface area contributed by atoms with Crippen molar-refractivity contribution >= 4 is 0 Å². The van der Waals surface area contributed by atoms with Gasteiger partial charge in [-0.2, -0.15) is 0 Å². The molecule has 1 N–H and O–H groups in total. The molecule has 4 atom stereocenters. The van der Waals surface area contributed by atoms with Crippen molar-refractivity contribution in [3.8, 4) is 0 Å². The van der Waals surface area contributed by atoms with Crippen LogP contribution in [-0.2, 0) is 0 Å². The van der Waals surface area contributed by atoms with Gasteiger partial charge in [-0.15, -0.1) is 0 Å². The van der Waals surface area contributed by atoms with Crippen molar-refractivity contribution in [1.82, 2.24) is 0 Å². The van der Waals surface area contributed by atoms with Gasteiger partial charge in [0.25, 0.3) is 0 Å². The Labute approximate surface area is 113 Å². The lowest BCUT2D eigenvalue weighted by Crippen LogP contribution is -2.36. The maximum Gasteiger partial charge on any atom is 0.0545 e. The van der Waals surface area contributed by atoms with Crippen LogP contribution < -0.4 is 0 Å². The van der Waals surface area contributed by atoms with E-state index in [1.807, 2.05) is 0 Å². The molecule has 104 valence electrons. The van der Waals surface area contributed by atoms with Crippen LogP contribution in [0.5, 0.6) is 0 Å². The zero-order chi connectivity index (χ0) is 13.3. The van der Waals surface area contributed by atoms with E-state index in [9.17, 15) is 5.11 Å². The molecule has 0 saturated heterocycles. The van der Waals surface area contributed by atoms with Crippen molar-refractivity contribution in [1.29, 1.82) is 0 Å². The van der Waals surface area contributed by atoms with E-state index in [4.69, 9.17) is 0 Å². The first-order valence-corrected chi connectivity index (χ1v) is 7.72. The van der Waals surface area contributed by atoms with E-state index in [2.05, 4.69) is 33.8 Å². The van der Waals surface area contributed by atoms with Gasteiger partial charge in [0.1, 0.15) is 0 Å². The van der Waals surface area contributed by atoms with Crippen LogP contribution in [-0.4, -0.2) is 11.2 Å². The van der Waals surface area contributed by atoms with E-state index in [0.29, 0.717) is 5.41 Å². The molecule has 0 aromatic heterocycles. The summed E-state index contributed by atoms with van der Waals surface area (Å²) in [4.78, 5) is 0. The van der Waals surface area contributed by atoms with Gasteiger partial charge in [-0.1, -0.05) is 32.4 Å². The number of rotatable bonds is 2. The molecular weight excluding hydrogens is 220 g/mol. The second-order valence-corrected chi connectivity index (χ2v) is 7.65. The molecule has 2 aliphatic carbocycles. The predicted octanol–water partition coefficient (Wildman–Crippen LogP) is 4.56. The van der Waals surface area contributed by atoms with Crippen LogP contribution in [0.3, 0.4) is 0 Å². The molecule has 4 unspecified atom stereocenters. The molecule has 0 aromatic rings. The lowest BCUT2D eigenvalue weighted by molar-refractivity contribution is 0.0116. The van der Waals surface area contributed by atoms with E-state index >= 15 is 0 Å². The summed E-state index contributed by atoms with van der Waals surface area (Å²) in [6, 6.07) is 0. The summed E-state index contributed by atoms with van der Waals surface area (Å²) in [5.74, 6) is 2.45. The molecular formula is C17H30O. The Morgan fingerprint density at radius 3 is 2.67 bits per heavy atom. The largest absolute Gasteiger partial charge is 0.393 e. The van der Waals surface area contributed by atoms with Gasteiger partial charge in [0.15, 0.2) is 0 Å². The zero-order valence-electron chi connectivity index (χ0n) is 12.6. The third-order valence-corrected chi connectivity index (χ3v) is 5.22. The van der Waals surface area contributed by atoms with Gasteiger partial charge in [0, 0.05) is 0 Å². The van der Waals surface area contributed by atoms with E-state index in [-0.39, 0.29) is 6.10 Å². The summed E-state index contributed by atoms with van der Waals surface area (Å²) in [5, 5.41) is 9.84. The van der Waals surface area contributed by atoms with Crippen molar-refractivity contribution in [2.75, 3.05) is 0 Å². The summed E-state index contributed by atoms with van der Waals surface area (Å²) in [6.07, 6.45) is 9.68. The zero-order valence-corrected chi connectivity index (χ0v) is 12.6. The van der Waals surface area contributed by atoms with Crippen LogP contribution in [0.2, 0.25) is 0 Å². The number of allylic oxidation sites excluding steroid dienone is 2. The predicted molar refractivity (Wildman–Crippen MR) is 77.4 cm³/mol. The first-order chi connectivity index (χ1) is 8.37. The summed E-state index contributed by atoms with van der Waals surface area (Å²) < 4.78 is 0. The van der Waals surface area contributed by atoms with Gasteiger partial charge in [0.05, 0.1) is 6.10 Å².